The number of hydrogen-bond donors (Lipinski definition) is 0. The van der Waals surface area contributed by atoms with Crippen molar-refractivity contribution in [3.8, 4) is 0 Å². The van der Waals surface area contributed by atoms with Gasteiger partial charge in [0, 0.05) is 26.9 Å². The molecule has 3 aromatic heterocycles. The van der Waals surface area contributed by atoms with E-state index in [-0.39, 0.29) is 12.0 Å². The average Bonchev–Trinajstić information content (AvgIpc) is 4.04. The van der Waals surface area contributed by atoms with E-state index in [0.29, 0.717) is 0 Å². The van der Waals surface area contributed by atoms with Crippen molar-refractivity contribution in [3.05, 3.63) is 176 Å². The Morgan fingerprint density at radius 2 is 0.870 bits per heavy atom. The first-order chi connectivity index (χ1) is 26.8. The summed E-state index contributed by atoms with van der Waals surface area (Å²) in [6.07, 6.45) is 16.0. The van der Waals surface area contributed by atoms with Crippen molar-refractivity contribution in [3.63, 3.8) is 0 Å². The number of nitrogens with zero attached hydrogens (tertiary/aromatic N) is 2. The highest BCUT2D eigenvalue weighted by Gasteiger charge is 2.36. The smallest absolute Gasteiger partial charge is 0.136 e. The van der Waals surface area contributed by atoms with E-state index in [1.165, 1.54) is 21.5 Å². The quantitative estimate of drug-likeness (QED) is 0.161. The molecule has 0 saturated heterocycles. The van der Waals surface area contributed by atoms with Crippen LogP contribution in [0, 0.1) is 5.92 Å². The molecule has 256 valence electrons. The monoisotopic (exact) mass is 698 g/mol. The summed E-state index contributed by atoms with van der Waals surface area (Å²) in [7, 11) is 0. The number of anilines is 5. The fourth-order valence-electron chi connectivity index (χ4n) is 8.78. The molecule has 54 heavy (non-hydrogen) atoms. The normalized spacial score (nSPS) is 16.6. The Kier molecular flexibility index (Phi) is 6.08. The predicted octanol–water partition coefficient (Wildman–Crippen LogP) is 13.4. The molecule has 6 heteroatoms. The molecule has 0 N–H and O–H groups in total. The van der Waals surface area contributed by atoms with Crippen LogP contribution in [0.15, 0.2) is 190 Å². The third kappa shape index (κ3) is 4.10. The molecule has 7 aromatic carbocycles. The maximum Gasteiger partial charge on any atom is 0.136 e. The van der Waals surface area contributed by atoms with Gasteiger partial charge in [-0.05, 0) is 76.2 Å². The minimum Gasteiger partial charge on any atom is -0.491 e. The lowest BCUT2D eigenvalue weighted by Gasteiger charge is -2.30. The number of ether oxygens (including phenoxy) is 1. The Balaban J connectivity index is 1.13. The van der Waals surface area contributed by atoms with Crippen molar-refractivity contribution in [1.29, 1.82) is 0 Å². The van der Waals surface area contributed by atoms with Crippen LogP contribution in [0.2, 0.25) is 0 Å². The summed E-state index contributed by atoms with van der Waals surface area (Å²) >= 11 is 0. The van der Waals surface area contributed by atoms with Gasteiger partial charge in [0.25, 0.3) is 0 Å². The van der Waals surface area contributed by atoms with Crippen molar-refractivity contribution in [2.24, 2.45) is 5.92 Å². The molecule has 0 fully saturated rings. The first-order valence-electron chi connectivity index (χ1n) is 18.2. The Morgan fingerprint density at radius 1 is 0.407 bits per heavy atom. The third-order valence-corrected chi connectivity index (χ3v) is 11.2. The Labute approximate surface area is 309 Å². The first-order valence-corrected chi connectivity index (χ1v) is 18.2. The van der Waals surface area contributed by atoms with Crippen LogP contribution in [-0.2, 0) is 4.74 Å². The van der Waals surface area contributed by atoms with Crippen molar-refractivity contribution in [2.75, 3.05) is 9.80 Å². The number of hydrogen-bond acceptors (Lipinski definition) is 6. The van der Waals surface area contributed by atoms with Crippen molar-refractivity contribution in [1.82, 2.24) is 0 Å². The molecule has 10 aromatic rings. The maximum absolute atomic E-state index is 6.29. The van der Waals surface area contributed by atoms with Crippen LogP contribution in [0.1, 0.15) is 0 Å². The van der Waals surface area contributed by atoms with E-state index in [1.807, 2.05) is 61.4 Å². The number of furan rings is 3. The molecule has 2 atom stereocenters. The highest BCUT2D eigenvalue weighted by molar-refractivity contribution is 6.28. The van der Waals surface area contributed by atoms with Gasteiger partial charge in [-0.3, -0.25) is 0 Å². The third-order valence-electron chi connectivity index (χ3n) is 11.2. The van der Waals surface area contributed by atoms with Crippen molar-refractivity contribution in [2.45, 2.75) is 6.10 Å². The van der Waals surface area contributed by atoms with Crippen molar-refractivity contribution >= 4 is 93.7 Å². The number of rotatable bonds is 6. The minimum atomic E-state index is -0.0583. The largest absolute Gasteiger partial charge is 0.491 e. The molecular weight excluding hydrogens is 669 g/mol. The minimum absolute atomic E-state index is 0.0527. The van der Waals surface area contributed by atoms with Gasteiger partial charge in [-0.2, -0.15) is 0 Å². The predicted molar refractivity (Wildman–Crippen MR) is 217 cm³/mol. The lowest BCUT2D eigenvalue weighted by atomic mass is 9.90. The van der Waals surface area contributed by atoms with Gasteiger partial charge >= 0.3 is 0 Å². The second-order valence-electron chi connectivity index (χ2n) is 14.1. The zero-order valence-corrected chi connectivity index (χ0v) is 28.8. The molecule has 2 unspecified atom stereocenters. The van der Waals surface area contributed by atoms with Gasteiger partial charge in [0.15, 0.2) is 0 Å². The van der Waals surface area contributed by atoms with Gasteiger partial charge in [0.05, 0.1) is 40.1 Å². The van der Waals surface area contributed by atoms with Crippen LogP contribution in [0.4, 0.5) is 28.4 Å². The summed E-state index contributed by atoms with van der Waals surface area (Å²) in [4.78, 5) is 4.63. The Hall–Kier alpha value is -7.18. The Morgan fingerprint density at radius 3 is 1.43 bits per heavy atom. The average molecular weight is 699 g/mol. The van der Waals surface area contributed by atoms with Gasteiger partial charge in [-0.15, -0.1) is 0 Å². The second kappa shape index (κ2) is 11.2. The number of allylic oxidation sites excluding steroid dienone is 2. The van der Waals surface area contributed by atoms with E-state index in [2.05, 4.69) is 119 Å². The topological polar surface area (TPSA) is 55.1 Å². The summed E-state index contributed by atoms with van der Waals surface area (Å²) < 4.78 is 24.8. The summed E-state index contributed by atoms with van der Waals surface area (Å²) in [5.74, 6) is 0.0527. The number of para-hydroxylation sites is 3. The van der Waals surface area contributed by atoms with E-state index in [4.69, 9.17) is 18.0 Å². The van der Waals surface area contributed by atoms with Gasteiger partial charge in [0.1, 0.15) is 47.9 Å². The zero-order chi connectivity index (χ0) is 35.3. The van der Waals surface area contributed by atoms with Crippen LogP contribution < -0.4 is 9.80 Å². The molecule has 0 radical (unpaired) electrons. The lowest BCUT2D eigenvalue weighted by molar-refractivity contribution is 0.192. The van der Waals surface area contributed by atoms with E-state index in [1.54, 1.807) is 0 Å². The molecule has 1 aliphatic heterocycles. The fraction of sp³-hybridized carbons (Fsp3) is 0.0417. The molecule has 0 bridgehead atoms. The summed E-state index contributed by atoms with van der Waals surface area (Å²) in [6, 6.07) is 42.6. The number of fused-ring (bicyclic) bond motifs is 4. The van der Waals surface area contributed by atoms with Crippen LogP contribution in [0.25, 0.3) is 65.2 Å². The molecule has 0 saturated carbocycles. The number of benzene rings is 7. The molecule has 1 aliphatic carbocycles. The highest BCUT2D eigenvalue weighted by atomic mass is 16.5. The zero-order valence-electron chi connectivity index (χ0n) is 28.8. The molecule has 0 amide bonds. The highest BCUT2D eigenvalue weighted by Crippen LogP contribution is 2.51. The van der Waals surface area contributed by atoms with Crippen LogP contribution >= 0.6 is 0 Å². The summed E-state index contributed by atoms with van der Waals surface area (Å²) in [6.45, 7) is 0. The van der Waals surface area contributed by atoms with Crippen LogP contribution in [0.5, 0.6) is 0 Å². The van der Waals surface area contributed by atoms with Crippen molar-refractivity contribution < 1.29 is 18.0 Å². The van der Waals surface area contributed by atoms with Gasteiger partial charge in [-0.25, -0.2) is 0 Å². The molecule has 0 spiro atoms. The summed E-state index contributed by atoms with van der Waals surface area (Å²) in [5.41, 5.74) is 8.53. The van der Waals surface area contributed by atoms with E-state index in [9.17, 15) is 0 Å². The summed E-state index contributed by atoms with van der Waals surface area (Å²) in [5, 5.41) is 10.1. The van der Waals surface area contributed by atoms with Gasteiger partial charge in [-0.1, -0.05) is 91.0 Å². The maximum atomic E-state index is 6.29. The standard InChI is InChI=1S/C48H30N2O4/c1-5-13-43-31(9-1)39(25-51-43)49(40-26-52-44-14-6-2-10-32(40)44)37-23-19-29-18-22-36-38(24-20-30-17-21-35(37)47(29)48(30)36)50(41-27-53-45-15-7-3-11-33(41)45)42-28-54-46-16-8-4-12-34(42)46/h1-28,31,43H. The lowest BCUT2D eigenvalue weighted by Crippen LogP contribution is -2.25. The SMILES string of the molecule is C1=CC2OC=C(N(c3coc4ccccc34)c3ccc4ccc5c(N(c6coc7ccccc67)c6coc7ccccc67)ccc6ccc3c4c65)C2C=C1. The Bertz CT molecular complexity index is 3120. The van der Waals surface area contributed by atoms with Gasteiger partial charge < -0.3 is 27.8 Å². The molecule has 2 aliphatic rings. The molecule has 12 rings (SSSR count). The van der Waals surface area contributed by atoms with E-state index >= 15 is 0 Å². The van der Waals surface area contributed by atoms with Crippen LogP contribution in [0.3, 0.4) is 0 Å². The molecule has 6 nitrogen and oxygen atoms in total. The second-order valence-corrected chi connectivity index (χ2v) is 14.1. The van der Waals surface area contributed by atoms with E-state index in [0.717, 1.165) is 77.8 Å². The van der Waals surface area contributed by atoms with Crippen LogP contribution in [-0.4, -0.2) is 6.10 Å². The molecule has 4 heterocycles. The molecular formula is C48H30N2O4. The first kappa shape index (κ1) is 29.4. The fourth-order valence-corrected chi connectivity index (χ4v) is 8.78. The van der Waals surface area contributed by atoms with E-state index < -0.39 is 0 Å². The van der Waals surface area contributed by atoms with Gasteiger partial charge in [0.2, 0.25) is 0 Å².